The number of hydrogen-bond donors (Lipinski definition) is 2. The normalized spacial score (nSPS) is 11.2. The van der Waals surface area contributed by atoms with Gasteiger partial charge in [0, 0.05) is 31.8 Å². The van der Waals surface area contributed by atoms with Crippen LogP contribution in [0.5, 0.6) is 0 Å². The van der Waals surface area contributed by atoms with Gasteiger partial charge in [0.15, 0.2) is 0 Å². The topological polar surface area (TPSA) is 84.3 Å². The number of rotatable bonds is 6. The first-order chi connectivity index (χ1) is 9.27. The first kappa shape index (κ1) is 16.1. The molecule has 1 rings (SSSR count). The van der Waals surface area contributed by atoms with E-state index in [4.69, 9.17) is 0 Å². The van der Waals surface area contributed by atoms with Crippen LogP contribution in [0.3, 0.4) is 0 Å². The zero-order valence-corrected chi connectivity index (χ0v) is 12.3. The smallest absolute Gasteiger partial charge is 0.272 e. The summed E-state index contributed by atoms with van der Waals surface area (Å²) in [5.74, 6) is -0.0418. The Bertz CT molecular complexity index is 512. The highest BCUT2D eigenvalue weighted by Crippen LogP contribution is 2.19. The molecule has 2 N–H and O–H groups in total. The molecule has 1 amide bonds. The summed E-state index contributed by atoms with van der Waals surface area (Å²) >= 11 is 0. The number of nitro groups is 1. The fraction of sp³-hybridized carbons (Fsp3) is 0.500. The molecule has 6 heteroatoms. The molecule has 0 unspecified atom stereocenters. The molecule has 0 saturated heterocycles. The monoisotopic (exact) mass is 279 g/mol. The third-order valence-electron chi connectivity index (χ3n) is 3.21. The van der Waals surface area contributed by atoms with Crippen molar-refractivity contribution >= 4 is 11.6 Å². The van der Waals surface area contributed by atoms with Gasteiger partial charge in [-0.1, -0.05) is 12.1 Å². The summed E-state index contributed by atoms with van der Waals surface area (Å²) in [6.45, 7) is 6.38. The molecule has 1 aromatic carbocycles. The van der Waals surface area contributed by atoms with Crippen LogP contribution in [0.15, 0.2) is 18.2 Å². The summed E-state index contributed by atoms with van der Waals surface area (Å²) in [4.78, 5) is 22.1. The van der Waals surface area contributed by atoms with Crippen molar-refractivity contribution in [2.45, 2.75) is 27.3 Å². The van der Waals surface area contributed by atoms with E-state index in [1.807, 2.05) is 19.9 Å². The number of benzene rings is 1. The molecule has 0 bridgehead atoms. The highest BCUT2D eigenvalue weighted by atomic mass is 16.6. The lowest BCUT2D eigenvalue weighted by Crippen LogP contribution is -2.41. The fourth-order valence-electron chi connectivity index (χ4n) is 1.90. The summed E-state index contributed by atoms with van der Waals surface area (Å²) in [7, 11) is 1.60. The van der Waals surface area contributed by atoms with Gasteiger partial charge in [0.2, 0.25) is 5.91 Å². The number of aryl methyl sites for hydroxylation is 1. The summed E-state index contributed by atoms with van der Waals surface area (Å²) in [6.07, 6.45) is 0. The van der Waals surface area contributed by atoms with Crippen LogP contribution in [0.25, 0.3) is 0 Å². The molecule has 0 fully saturated rings. The van der Waals surface area contributed by atoms with Gasteiger partial charge in [-0.15, -0.1) is 0 Å². The van der Waals surface area contributed by atoms with E-state index in [9.17, 15) is 14.9 Å². The van der Waals surface area contributed by atoms with Crippen LogP contribution in [0, 0.1) is 22.5 Å². The van der Waals surface area contributed by atoms with Crippen molar-refractivity contribution in [2.75, 3.05) is 13.6 Å². The van der Waals surface area contributed by atoms with E-state index in [1.54, 1.807) is 26.1 Å². The molecule has 1 aromatic rings. The average molecular weight is 279 g/mol. The lowest BCUT2D eigenvalue weighted by atomic mass is 9.92. The molecule has 0 aromatic heterocycles. The Morgan fingerprint density at radius 1 is 1.40 bits per heavy atom. The Morgan fingerprint density at radius 2 is 2.05 bits per heavy atom. The molecule has 0 radical (unpaired) electrons. The van der Waals surface area contributed by atoms with Crippen molar-refractivity contribution < 1.29 is 9.72 Å². The minimum atomic E-state index is -0.522. The van der Waals surface area contributed by atoms with E-state index in [0.717, 1.165) is 5.56 Å². The van der Waals surface area contributed by atoms with Gasteiger partial charge in [-0.2, -0.15) is 0 Å². The van der Waals surface area contributed by atoms with Crippen LogP contribution in [0.2, 0.25) is 0 Å². The van der Waals surface area contributed by atoms with Gasteiger partial charge in [0.25, 0.3) is 5.69 Å². The van der Waals surface area contributed by atoms with Crippen LogP contribution in [0.1, 0.15) is 25.0 Å². The average Bonchev–Trinajstić information content (AvgIpc) is 2.39. The summed E-state index contributed by atoms with van der Waals surface area (Å²) in [5, 5.41) is 16.6. The van der Waals surface area contributed by atoms with Gasteiger partial charge >= 0.3 is 0 Å². The van der Waals surface area contributed by atoms with Crippen molar-refractivity contribution in [3.05, 3.63) is 39.4 Å². The van der Waals surface area contributed by atoms with Crippen LogP contribution in [-0.4, -0.2) is 24.4 Å². The van der Waals surface area contributed by atoms with E-state index in [2.05, 4.69) is 10.6 Å². The van der Waals surface area contributed by atoms with Gasteiger partial charge in [-0.3, -0.25) is 14.9 Å². The number of hydrogen-bond acceptors (Lipinski definition) is 4. The van der Waals surface area contributed by atoms with E-state index in [1.165, 1.54) is 0 Å². The molecule has 0 aliphatic heterocycles. The Kier molecular flexibility index (Phi) is 5.21. The van der Waals surface area contributed by atoms with Gasteiger partial charge < -0.3 is 10.6 Å². The maximum absolute atomic E-state index is 11.6. The van der Waals surface area contributed by atoms with E-state index in [-0.39, 0.29) is 16.5 Å². The minimum absolute atomic E-state index is 0.0418. The second-order valence-corrected chi connectivity index (χ2v) is 5.44. The standard InChI is InChI=1S/C14H21N3O3/c1-10-5-6-11(7-12(10)17(19)20)8-16-9-14(2,3)13(18)15-4/h5-7,16H,8-9H2,1-4H3,(H,15,18). The summed E-state index contributed by atoms with van der Waals surface area (Å²) in [6, 6.07) is 5.15. The maximum Gasteiger partial charge on any atom is 0.272 e. The van der Waals surface area contributed by atoms with Crippen LogP contribution < -0.4 is 10.6 Å². The zero-order valence-electron chi connectivity index (χ0n) is 12.3. The fourth-order valence-corrected chi connectivity index (χ4v) is 1.90. The van der Waals surface area contributed by atoms with Crippen molar-refractivity contribution in [3.8, 4) is 0 Å². The van der Waals surface area contributed by atoms with Crippen molar-refractivity contribution in [3.63, 3.8) is 0 Å². The number of carbonyl (C=O) groups excluding carboxylic acids is 1. The number of nitrogens with zero attached hydrogens (tertiary/aromatic N) is 1. The molecular formula is C14H21N3O3. The number of amides is 1. The second-order valence-electron chi connectivity index (χ2n) is 5.44. The second kappa shape index (κ2) is 6.47. The third kappa shape index (κ3) is 4.03. The molecule has 0 spiro atoms. The molecule has 0 atom stereocenters. The zero-order chi connectivity index (χ0) is 15.3. The number of nitro benzene ring substituents is 1. The lowest BCUT2D eigenvalue weighted by molar-refractivity contribution is -0.385. The molecular weight excluding hydrogens is 258 g/mol. The van der Waals surface area contributed by atoms with E-state index in [0.29, 0.717) is 18.7 Å². The highest BCUT2D eigenvalue weighted by molar-refractivity contribution is 5.81. The van der Waals surface area contributed by atoms with Crippen LogP contribution in [-0.2, 0) is 11.3 Å². The van der Waals surface area contributed by atoms with Crippen molar-refractivity contribution in [1.82, 2.24) is 10.6 Å². The van der Waals surface area contributed by atoms with Gasteiger partial charge in [-0.05, 0) is 26.3 Å². The number of carbonyl (C=O) groups is 1. The predicted octanol–water partition coefficient (Wildman–Crippen LogP) is 1.77. The van der Waals surface area contributed by atoms with Crippen LogP contribution >= 0.6 is 0 Å². The van der Waals surface area contributed by atoms with Gasteiger partial charge in [-0.25, -0.2) is 0 Å². The van der Waals surface area contributed by atoms with Crippen LogP contribution in [0.4, 0.5) is 5.69 Å². The Hall–Kier alpha value is -1.95. The molecule has 0 heterocycles. The quantitative estimate of drug-likeness (QED) is 0.614. The SMILES string of the molecule is CNC(=O)C(C)(C)CNCc1ccc(C)c([N+](=O)[O-])c1. The van der Waals surface area contributed by atoms with Crippen molar-refractivity contribution in [2.24, 2.45) is 5.41 Å². The van der Waals surface area contributed by atoms with E-state index < -0.39 is 5.41 Å². The molecule has 0 saturated carbocycles. The van der Waals surface area contributed by atoms with E-state index >= 15 is 0 Å². The molecule has 110 valence electrons. The van der Waals surface area contributed by atoms with Gasteiger partial charge in [0.05, 0.1) is 10.3 Å². The Morgan fingerprint density at radius 3 is 2.60 bits per heavy atom. The maximum atomic E-state index is 11.6. The molecule has 20 heavy (non-hydrogen) atoms. The Labute approximate surface area is 118 Å². The molecule has 0 aliphatic rings. The van der Waals surface area contributed by atoms with Crippen molar-refractivity contribution in [1.29, 1.82) is 0 Å². The van der Waals surface area contributed by atoms with Gasteiger partial charge in [0.1, 0.15) is 0 Å². The number of nitrogens with one attached hydrogen (secondary N) is 2. The first-order valence-corrected chi connectivity index (χ1v) is 6.45. The third-order valence-corrected chi connectivity index (χ3v) is 3.21. The predicted molar refractivity (Wildman–Crippen MR) is 77.4 cm³/mol. The summed E-state index contributed by atoms with van der Waals surface area (Å²) in [5.41, 5.74) is 1.07. The minimum Gasteiger partial charge on any atom is -0.359 e. The molecule has 0 aliphatic carbocycles. The summed E-state index contributed by atoms with van der Waals surface area (Å²) < 4.78 is 0. The Balaban J connectivity index is 2.65. The largest absolute Gasteiger partial charge is 0.359 e. The first-order valence-electron chi connectivity index (χ1n) is 6.45. The lowest BCUT2D eigenvalue weighted by Gasteiger charge is -2.22. The molecule has 6 nitrogen and oxygen atoms in total. The highest BCUT2D eigenvalue weighted by Gasteiger charge is 2.25.